The van der Waals surface area contributed by atoms with E-state index in [0.29, 0.717) is 17.8 Å². The Hall–Kier alpha value is -0.310. The highest BCUT2D eigenvalue weighted by Gasteiger charge is 2.62. The largest absolute Gasteiger partial charge is 0.392 e. The van der Waals surface area contributed by atoms with Gasteiger partial charge in [-0.25, -0.2) is 0 Å². The zero-order valence-corrected chi connectivity index (χ0v) is 13.3. The number of aliphatic hydroxyl groups is 1. The topological polar surface area (TPSA) is 83.8 Å². The molecule has 3 saturated carbocycles. The lowest BCUT2D eigenvalue weighted by atomic mass is 9.53. The van der Waals surface area contributed by atoms with Crippen molar-refractivity contribution >= 4 is 10.1 Å². The molecule has 2 bridgehead atoms. The first-order valence-electron chi connectivity index (χ1n) is 7.59. The average Bonchev–Trinajstić information content (AvgIpc) is 2.50. The number of rotatable bonds is 5. The van der Waals surface area contributed by atoms with Crippen LogP contribution in [0.4, 0.5) is 8.78 Å². The number of hydrogen-bond acceptors (Lipinski definition) is 4. The summed E-state index contributed by atoms with van der Waals surface area (Å²) < 4.78 is 61.0. The first-order chi connectivity index (χ1) is 9.94. The molecule has 0 heterocycles. The van der Waals surface area contributed by atoms with Gasteiger partial charge in [-0.3, -0.25) is 4.55 Å². The molecule has 5 atom stereocenters. The van der Waals surface area contributed by atoms with Gasteiger partial charge in [-0.1, -0.05) is 0 Å². The fourth-order valence-electron chi connectivity index (χ4n) is 5.16. The van der Waals surface area contributed by atoms with Crippen LogP contribution in [0.5, 0.6) is 0 Å². The number of fused-ring (bicyclic) bond motifs is 1. The summed E-state index contributed by atoms with van der Waals surface area (Å²) in [4.78, 5) is 0. The van der Waals surface area contributed by atoms with E-state index in [2.05, 4.69) is 0 Å². The predicted molar refractivity (Wildman–Crippen MR) is 73.9 cm³/mol. The van der Waals surface area contributed by atoms with Gasteiger partial charge in [0.05, 0.1) is 12.2 Å². The van der Waals surface area contributed by atoms with Crippen molar-refractivity contribution in [1.29, 1.82) is 0 Å². The lowest BCUT2D eigenvalue weighted by Gasteiger charge is -2.54. The predicted octanol–water partition coefficient (Wildman–Crippen LogP) is 2.06. The van der Waals surface area contributed by atoms with Gasteiger partial charge in [0.1, 0.15) is 6.61 Å². The van der Waals surface area contributed by atoms with E-state index in [1.807, 2.05) is 6.92 Å². The van der Waals surface area contributed by atoms with Crippen molar-refractivity contribution in [3.63, 3.8) is 0 Å². The Balaban J connectivity index is 1.60. The van der Waals surface area contributed by atoms with Crippen LogP contribution in [0.25, 0.3) is 0 Å². The lowest BCUT2D eigenvalue weighted by Crippen LogP contribution is -2.51. The second-order valence-electron chi connectivity index (χ2n) is 7.75. The van der Waals surface area contributed by atoms with Crippen LogP contribution in [0.3, 0.4) is 0 Å². The zero-order valence-electron chi connectivity index (χ0n) is 12.5. The summed E-state index contributed by atoms with van der Waals surface area (Å²) in [5.74, 6) is 1.14. The molecule has 5 unspecified atom stereocenters. The molecule has 0 spiro atoms. The molecule has 3 rings (SSSR count). The van der Waals surface area contributed by atoms with Gasteiger partial charge in [0, 0.05) is 0 Å². The van der Waals surface area contributed by atoms with Crippen molar-refractivity contribution < 1.29 is 31.6 Å². The van der Waals surface area contributed by atoms with Crippen LogP contribution in [-0.4, -0.2) is 42.1 Å². The summed E-state index contributed by atoms with van der Waals surface area (Å²) in [6.07, 6.45) is 4.11. The van der Waals surface area contributed by atoms with Crippen LogP contribution in [0.2, 0.25) is 0 Å². The van der Waals surface area contributed by atoms with E-state index in [9.17, 15) is 22.3 Å². The van der Waals surface area contributed by atoms with Gasteiger partial charge >= 0.3 is 15.4 Å². The van der Waals surface area contributed by atoms with Gasteiger partial charge in [-0.2, -0.15) is 17.2 Å². The van der Waals surface area contributed by atoms with Crippen molar-refractivity contribution in [3.05, 3.63) is 0 Å². The number of hydrogen-bond donors (Lipinski definition) is 2. The Morgan fingerprint density at radius 3 is 2.59 bits per heavy atom. The van der Waals surface area contributed by atoms with E-state index in [0.717, 1.165) is 32.1 Å². The van der Waals surface area contributed by atoms with Crippen molar-refractivity contribution in [2.75, 3.05) is 13.2 Å². The van der Waals surface area contributed by atoms with Crippen molar-refractivity contribution in [2.45, 2.75) is 49.9 Å². The molecular weight excluding hydrogens is 318 g/mol. The van der Waals surface area contributed by atoms with Crippen LogP contribution >= 0.6 is 0 Å². The van der Waals surface area contributed by atoms with E-state index in [4.69, 9.17) is 9.29 Å². The third-order valence-electron chi connectivity index (χ3n) is 5.77. The first-order valence-corrected chi connectivity index (χ1v) is 9.03. The zero-order chi connectivity index (χ0) is 16.4. The highest BCUT2D eigenvalue weighted by Crippen LogP contribution is 2.67. The summed E-state index contributed by atoms with van der Waals surface area (Å²) in [6.45, 7) is 0.641. The van der Waals surface area contributed by atoms with Gasteiger partial charge < -0.3 is 9.84 Å². The molecule has 3 aliphatic carbocycles. The van der Waals surface area contributed by atoms with Crippen LogP contribution in [0.1, 0.15) is 39.0 Å². The molecule has 0 amide bonds. The van der Waals surface area contributed by atoms with Gasteiger partial charge in [0.2, 0.25) is 0 Å². The smallest absolute Gasteiger partial charge is 0.390 e. The van der Waals surface area contributed by atoms with Gasteiger partial charge in [0.25, 0.3) is 0 Å². The summed E-state index contributed by atoms with van der Waals surface area (Å²) in [7, 11) is -5.44. The highest BCUT2D eigenvalue weighted by atomic mass is 32.2. The van der Waals surface area contributed by atoms with Crippen LogP contribution in [-0.2, 0) is 14.9 Å². The van der Waals surface area contributed by atoms with Crippen LogP contribution in [0.15, 0.2) is 0 Å². The van der Waals surface area contributed by atoms with Crippen molar-refractivity contribution in [2.24, 2.45) is 23.2 Å². The maximum absolute atomic E-state index is 13.2. The molecule has 3 fully saturated rings. The summed E-state index contributed by atoms with van der Waals surface area (Å²) >= 11 is 0. The Morgan fingerprint density at radius 2 is 1.95 bits per heavy atom. The van der Waals surface area contributed by atoms with E-state index < -0.39 is 27.6 Å². The molecule has 128 valence electrons. The lowest BCUT2D eigenvalue weighted by molar-refractivity contribution is -0.131. The molecule has 3 aliphatic rings. The molecule has 8 heteroatoms. The Kier molecular flexibility index (Phi) is 3.64. The molecule has 22 heavy (non-hydrogen) atoms. The Labute approximate surface area is 128 Å². The fourth-order valence-corrected chi connectivity index (χ4v) is 5.39. The summed E-state index contributed by atoms with van der Waals surface area (Å²) in [6, 6.07) is 0. The minimum absolute atomic E-state index is 0.0952. The SMILES string of the molecule is CC1(O)CC2CC3C(C1)CC3(COCC(F)(F)S(=O)(=O)O)C2. The average molecular weight is 340 g/mol. The number of ether oxygens (including phenoxy) is 1. The van der Waals surface area contributed by atoms with E-state index in [1.54, 1.807) is 0 Å². The minimum atomic E-state index is -5.44. The first kappa shape index (κ1) is 16.5. The molecule has 0 radical (unpaired) electrons. The number of alkyl halides is 2. The van der Waals surface area contributed by atoms with Crippen LogP contribution in [0, 0.1) is 23.2 Å². The highest BCUT2D eigenvalue weighted by molar-refractivity contribution is 7.86. The minimum Gasteiger partial charge on any atom is -0.390 e. The van der Waals surface area contributed by atoms with Crippen LogP contribution < -0.4 is 0 Å². The Morgan fingerprint density at radius 1 is 1.27 bits per heavy atom. The van der Waals surface area contributed by atoms with Crippen molar-refractivity contribution in [3.8, 4) is 0 Å². The summed E-state index contributed by atoms with van der Waals surface area (Å²) in [5, 5.41) is 6.04. The maximum Gasteiger partial charge on any atom is 0.392 e. The fraction of sp³-hybridized carbons (Fsp3) is 1.00. The van der Waals surface area contributed by atoms with Crippen molar-refractivity contribution in [1.82, 2.24) is 0 Å². The van der Waals surface area contributed by atoms with Gasteiger partial charge in [-0.15, -0.1) is 0 Å². The molecule has 5 nitrogen and oxygen atoms in total. The normalized spacial score (nSPS) is 44.5. The monoisotopic (exact) mass is 340 g/mol. The molecule has 0 aromatic heterocycles. The molecular formula is C14H22F2O5S. The van der Waals surface area contributed by atoms with Gasteiger partial charge in [0.15, 0.2) is 0 Å². The van der Waals surface area contributed by atoms with E-state index in [1.165, 1.54) is 0 Å². The van der Waals surface area contributed by atoms with Gasteiger partial charge in [-0.05, 0) is 62.2 Å². The second kappa shape index (κ2) is 4.84. The standard InChI is InChI=1S/C14H22F2O5S/c1-12(17)3-9-2-11-10(5-12)6-13(11,4-9)7-21-8-14(15,16)22(18,19)20/h9-11,17H,2-8H2,1H3,(H,18,19,20). The third kappa shape index (κ3) is 2.68. The van der Waals surface area contributed by atoms with E-state index >= 15 is 0 Å². The molecule has 0 saturated heterocycles. The Bertz CT molecular complexity index is 556. The second-order valence-corrected chi connectivity index (χ2v) is 9.30. The molecule has 0 aromatic rings. The summed E-state index contributed by atoms with van der Waals surface area (Å²) in [5.41, 5.74) is -0.795. The number of halogens is 2. The van der Waals surface area contributed by atoms with E-state index in [-0.39, 0.29) is 12.0 Å². The molecule has 0 aromatic carbocycles. The third-order valence-corrected chi connectivity index (χ3v) is 6.65. The molecule has 0 aliphatic heterocycles. The molecule has 2 N–H and O–H groups in total. The quantitative estimate of drug-likeness (QED) is 0.749. The maximum atomic E-state index is 13.2.